The third-order valence-corrected chi connectivity index (χ3v) is 3.88. The van der Waals surface area contributed by atoms with Gasteiger partial charge in [-0.05, 0) is 19.8 Å². The lowest BCUT2D eigenvalue weighted by atomic mass is 10.1. The van der Waals surface area contributed by atoms with Crippen LogP contribution in [0.5, 0.6) is 0 Å². The standard InChI is InChI=1S/C9H18N2OS2/c1-6(2)5-11-7(10-12)9(3,4)14-8(11)13/h6-7,10,12H,5H2,1-4H3. The molecule has 1 saturated heterocycles. The summed E-state index contributed by atoms with van der Waals surface area (Å²) in [7, 11) is 0. The Balaban J connectivity index is 2.78. The molecule has 0 saturated carbocycles. The van der Waals surface area contributed by atoms with E-state index in [1.165, 1.54) is 0 Å². The van der Waals surface area contributed by atoms with Gasteiger partial charge in [-0.25, -0.2) is 0 Å². The van der Waals surface area contributed by atoms with Crippen molar-refractivity contribution >= 4 is 28.3 Å². The molecule has 82 valence electrons. The molecule has 1 rings (SSSR count). The van der Waals surface area contributed by atoms with E-state index in [-0.39, 0.29) is 10.9 Å². The van der Waals surface area contributed by atoms with Crippen LogP contribution in [0.4, 0.5) is 0 Å². The van der Waals surface area contributed by atoms with Crippen molar-refractivity contribution in [2.45, 2.75) is 38.6 Å². The Morgan fingerprint density at radius 2 is 2.21 bits per heavy atom. The molecule has 0 aromatic heterocycles. The van der Waals surface area contributed by atoms with E-state index in [1.54, 1.807) is 11.8 Å². The third-order valence-electron chi connectivity index (χ3n) is 2.24. The number of hydrogen-bond acceptors (Lipinski definition) is 4. The van der Waals surface area contributed by atoms with Gasteiger partial charge in [0.15, 0.2) is 0 Å². The van der Waals surface area contributed by atoms with Gasteiger partial charge in [0, 0.05) is 6.54 Å². The molecule has 14 heavy (non-hydrogen) atoms. The minimum absolute atomic E-state index is 0.0687. The van der Waals surface area contributed by atoms with Gasteiger partial charge in [-0.15, -0.1) is 0 Å². The third kappa shape index (κ3) is 2.39. The summed E-state index contributed by atoms with van der Waals surface area (Å²) >= 11 is 6.93. The lowest BCUT2D eigenvalue weighted by molar-refractivity contribution is 0.0531. The van der Waals surface area contributed by atoms with Gasteiger partial charge >= 0.3 is 0 Å². The number of rotatable bonds is 3. The molecule has 0 amide bonds. The number of thiocarbonyl (C=S) groups is 1. The van der Waals surface area contributed by atoms with Crippen LogP contribution in [0.25, 0.3) is 0 Å². The number of hydroxylamine groups is 1. The zero-order valence-electron chi connectivity index (χ0n) is 9.07. The van der Waals surface area contributed by atoms with Crippen molar-refractivity contribution < 1.29 is 5.21 Å². The Morgan fingerprint density at radius 3 is 2.64 bits per heavy atom. The number of thioether (sulfide) groups is 1. The molecule has 1 aliphatic rings. The Morgan fingerprint density at radius 1 is 1.64 bits per heavy atom. The molecule has 1 heterocycles. The largest absolute Gasteiger partial charge is 0.338 e. The van der Waals surface area contributed by atoms with Crippen molar-refractivity contribution in [3.63, 3.8) is 0 Å². The van der Waals surface area contributed by atoms with E-state index in [0.29, 0.717) is 5.92 Å². The highest BCUT2D eigenvalue weighted by molar-refractivity contribution is 8.24. The fourth-order valence-electron chi connectivity index (χ4n) is 1.62. The SMILES string of the molecule is CC(C)CN1C(=S)SC(C)(C)C1NO. The van der Waals surface area contributed by atoms with E-state index in [9.17, 15) is 0 Å². The molecule has 0 aliphatic carbocycles. The molecular formula is C9H18N2OS2. The Labute approximate surface area is 95.2 Å². The minimum Gasteiger partial charge on any atom is -0.338 e. The van der Waals surface area contributed by atoms with Gasteiger partial charge in [0.25, 0.3) is 0 Å². The minimum atomic E-state index is -0.0811. The summed E-state index contributed by atoms with van der Waals surface area (Å²) in [6.45, 7) is 9.34. The van der Waals surface area contributed by atoms with Gasteiger partial charge in [-0.1, -0.05) is 37.8 Å². The van der Waals surface area contributed by atoms with Crippen LogP contribution in [0, 0.1) is 5.92 Å². The smallest absolute Gasteiger partial charge is 0.138 e. The van der Waals surface area contributed by atoms with E-state index in [2.05, 4.69) is 38.1 Å². The molecule has 0 bridgehead atoms. The molecule has 0 aromatic carbocycles. The van der Waals surface area contributed by atoms with Crippen LogP contribution in [0.1, 0.15) is 27.7 Å². The second-order valence-corrected chi connectivity index (χ2v) is 6.84. The lowest BCUT2D eigenvalue weighted by Gasteiger charge is -2.31. The number of nitrogens with one attached hydrogen (secondary N) is 1. The molecule has 0 radical (unpaired) electrons. The second kappa shape index (κ2) is 4.35. The predicted octanol–water partition coefficient (Wildman–Crippen LogP) is 2.06. The van der Waals surface area contributed by atoms with Crippen LogP contribution < -0.4 is 5.48 Å². The van der Waals surface area contributed by atoms with Gasteiger partial charge in [-0.2, -0.15) is 5.48 Å². The van der Waals surface area contributed by atoms with E-state index in [4.69, 9.17) is 17.4 Å². The monoisotopic (exact) mass is 234 g/mol. The van der Waals surface area contributed by atoms with Crippen LogP contribution in [0.2, 0.25) is 0 Å². The van der Waals surface area contributed by atoms with Gasteiger partial charge < -0.3 is 10.1 Å². The van der Waals surface area contributed by atoms with Gasteiger partial charge in [0.1, 0.15) is 10.5 Å². The van der Waals surface area contributed by atoms with E-state index >= 15 is 0 Å². The summed E-state index contributed by atoms with van der Waals surface area (Å²) in [5.74, 6) is 0.540. The fraction of sp³-hybridized carbons (Fsp3) is 0.889. The first-order valence-corrected chi connectivity index (χ1v) is 6.00. The molecule has 1 unspecified atom stereocenters. The molecular weight excluding hydrogens is 216 g/mol. The van der Waals surface area contributed by atoms with Crippen molar-refractivity contribution in [3.05, 3.63) is 0 Å². The van der Waals surface area contributed by atoms with Crippen molar-refractivity contribution in [2.75, 3.05) is 6.54 Å². The quantitative estimate of drug-likeness (QED) is 0.577. The van der Waals surface area contributed by atoms with E-state index < -0.39 is 0 Å². The Bertz CT molecular complexity index is 231. The second-order valence-electron chi connectivity index (χ2n) is 4.55. The average molecular weight is 234 g/mol. The highest BCUT2D eigenvalue weighted by Gasteiger charge is 2.44. The normalized spacial score (nSPS) is 26.3. The van der Waals surface area contributed by atoms with Crippen LogP contribution >= 0.6 is 24.0 Å². The maximum atomic E-state index is 9.14. The average Bonchev–Trinajstić information content (AvgIpc) is 2.20. The van der Waals surface area contributed by atoms with Crippen LogP contribution in [0.3, 0.4) is 0 Å². The van der Waals surface area contributed by atoms with Crippen LogP contribution in [-0.2, 0) is 0 Å². The molecule has 2 N–H and O–H groups in total. The van der Waals surface area contributed by atoms with Crippen molar-refractivity contribution in [3.8, 4) is 0 Å². The van der Waals surface area contributed by atoms with Gasteiger partial charge in [0.2, 0.25) is 0 Å². The summed E-state index contributed by atoms with van der Waals surface area (Å²) in [6.07, 6.45) is -0.0811. The summed E-state index contributed by atoms with van der Waals surface area (Å²) in [4.78, 5) is 2.06. The molecule has 5 heteroatoms. The molecule has 1 fully saturated rings. The summed E-state index contributed by atoms with van der Waals surface area (Å²) < 4.78 is 0.802. The summed E-state index contributed by atoms with van der Waals surface area (Å²) in [5.41, 5.74) is 2.36. The molecule has 1 aliphatic heterocycles. The van der Waals surface area contributed by atoms with Crippen molar-refractivity contribution in [1.82, 2.24) is 10.4 Å². The van der Waals surface area contributed by atoms with Crippen LogP contribution in [-0.4, -0.2) is 31.9 Å². The first kappa shape index (κ1) is 12.2. The molecule has 1 atom stereocenters. The molecule has 0 aromatic rings. The number of hydrogen-bond donors (Lipinski definition) is 2. The molecule has 0 spiro atoms. The zero-order chi connectivity index (χ0) is 10.9. The Hall–Kier alpha value is 0.160. The fourth-order valence-corrected chi connectivity index (χ4v) is 3.48. The Kier molecular flexibility index (Phi) is 3.80. The predicted molar refractivity (Wildman–Crippen MR) is 64.5 cm³/mol. The van der Waals surface area contributed by atoms with Crippen LogP contribution in [0.15, 0.2) is 0 Å². The number of nitrogens with zero attached hydrogens (tertiary/aromatic N) is 1. The van der Waals surface area contributed by atoms with E-state index in [1.807, 2.05) is 0 Å². The van der Waals surface area contributed by atoms with Crippen molar-refractivity contribution in [1.29, 1.82) is 0 Å². The van der Waals surface area contributed by atoms with Crippen molar-refractivity contribution in [2.24, 2.45) is 5.92 Å². The maximum absolute atomic E-state index is 9.14. The van der Waals surface area contributed by atoms with E-state index in [0.717, 1.165) is 10.9 Å². The molecule has 3 nitrogen and oxygen atoms in total. The highest BCUT2D eigenvalue weighted by atomic mass is 32.2. The van der Waals surface area contributed by atoms with Gasteiger partial charge in [0.05, 0.1) is 4.75 Å². The first-order valence-electron chi connectivity index (χ1n) is 4.77. The highest BCUT2D eigenvalue weighted by Crippen LogP contribution is 2.40. The summed E-state index contributed by atoms with van der Waals surface area (Å²) in [5, 5.41) is 9.14. The topological polar surface area (TPSA) is 35.5 Å². The summed E-state index contributed by atoms with van der Waals surface area (Å²) in [6, 6.07) is 0. The maximum Gasteiger partial charge on any atom is 0.138 e. The first-order chi connectivity index (χ1) is 6.38. The lowest BCUT2D eigenvalue weighted by Crippen LogP contribution is -2.51. The van der Waals surface area contributed by atoms with Gasteiger partial charge in [-0.3, -0.25) is 0 Å². The zero-order valence-corrected chi connectivity index (χ0v) is 10.7.